The van der Waals surface area contributed by atoms with Crippen LogP contribution in [0.4, 0.5) is 0 Å². The van der Waals surface area contributed by atoms with Gasteiger partial charge in [0.15, 0.2) is 12.2 Å². The molecule has 0 aliphatic heterocycles. The molecule has 0 aromatic rings. The maximum atomic E-state index is 13.1. The molecule has 3 N–H and O–H groups in total. The summed E-state index contributed by atoms with van der Waals surface area (Å²) in [6, 6.07) is 0. The van der Waals surface area contributed by atoms with Gasteiger partial charge in [-0.2, -0.15) is 0 Å². The van der Waals surface area contributed by atoms with E-state index in [0.717, 1.165) is 114 Å². The van der Waals surface area contributed by atoms with Gasteiger partial charge in [0.2, 0.25) is 0 Å². The van der Waals surface area contributed by atoms with E-state index in [1.807, 2.05) is 0 Å². The van der Waals surface area contributed by atoms with Crippen molar-refractivity contribution >= 4 is 39.5 Å². The summed E-state index contributed by atoms with van der Waals surface area (Å²) in [7, 11) is -9.92. The van der Waals surface area contributed by atoms with Crippen LogP contribution in [0.1, 0.15) is 421 Å². The highest BCUT2D eigenvalue weighted by Gasteiger charge is 2.30. The van der Waals surface area contributed by atoms with Crippen molar-refractivity contribution in [3.63, 3.8) is 0 Å². The van der Waals surface area contributed by atoms with E-state index in [2.05, 4.69) is 48.5 Å². The van der Waals surface area contributed by atoms with E-state index >= 15 is 0 Å². The van der Waals surface area contributed by atoms with Crippen LogP contribution in [0.25, 0.3) is 0 Å². The molecule has 6 atom stereocenters. The Labute approximate surface area is 613 Å². The van der Waals surface area contributed by atoms with Crippen molar-refractivity contribution in [3.8, 4) is 0 Å². The lowest BCUT2D eigenvalue weighted by Gasteiger charge is -2.21. The van der Waals surface area contributed by atoms with Crippen LogP contribution in [-0.4, -0.2) is 96.7 Å². The number of phosphoric ester groups is 2. The average molecular weight is 1470 g/mol. The topological polar surface area (TPSA) is 237 Å². The Hall–Kier alpha value is -1.94. The minimum Gasteiger partial charge on any atom is -0.462 e. The van der Waals surface area contributed by atoms with E-state index in [4.69, 9.17) is 37.0 Å². The predicted molar refractivity (Wildman–Crippen MR) is 409 cm³/mol. The Morgan fingerprint density at radius 2 is 0.510 bits per heavy atom. The first-order valence-electron chi connectivity index (χ1n) is 41.9. The number of hydrogen-bond donors (Lipinski definition) is 3. The summed E-state index contributed by atoms with van der Waals surface area (Å²) in [4.78, 5) is 72.9. The first-order valence-corrected chi connectivity index (χ1v) is 44.9. The standard InChI is InChI=1S/C81H158O17P2/c1-8-10-11-12-13-41-48-55-62-78(83)91-68-76(97-80(85)65-58-51-44-37-31-25-19-21-27-33-39-46-53-60-73(5)6)70-95-99(87,88)93-66-75(82)67-94-100(89,90)96-71-77(98-81(86)64-57-50-43-36-30-24-16-14-15-20-26-32-38-45-52-59-72(3)4)69-92-79(84)63-56-49-42-35-29-23-18-17-22-28-34-40-47-54-61-74(7)9-2/h72-77,82H,8-71H2,1-7H3,(H,87,88)(H,89,90)/t74?,75-,76+,77+/m0/s1. The monoisotopic (exact) mass is 1470 g/mol. The zero-order chi connectivity index (χ0) is 73.7. The summed E-state index contributed by atoms with van der Waals surface area (Å²) >= 11 is 0. The number of ether oxygens (including phenoxy) is 4. The molecule has 19 heteroatoms. The number of aliphatic hydroxyl groups is 1. The SMILES string of the molecule is CCCCCCCCCCC(=O)OC[C@H](COP(=O)(O)OC[C@H](O)COP(=O)(O)OC[C@@H](COC(=O)CCCCCCCCCCCCCCCCC(C)CC)OC(=O)CCCCCCCCCCCCCCCCCC(C)C)OC(=O)CCCCCCCCCCCCCCCC(C)C. The third-order valence-corrected chi connectivity index (χ3v) is 21.1. The van der Waals surface area contributed by atoms with Gasteiger partial charge in [-0.05, 0) is 43.4 Å². The van der Waals surface area contributed by atoms with Crippen molar-refractivity contribution in [1.82, 2.24) is 0 Å². The minimum atomic E-state index is -4.96. The lowest BCUT2D eigenvalue weighted by Crippen LogP contribution is -2.30. The van der Waals surface area contributed by atoms with Crippen LogP contribution in [0.15, 0.2) is 0 Å². The summed E-state index contributed by atoms with van der Waals surface area (Å²) in [6.07, 6.45) is 59.6. The van der Waals surface area contributed by atoms with Gasteiger partial charge in [0.05, 0.1) is 26.4 Å². The van der Waals surface area contributed by atoms with Crippen LogP contribution in [0, 0.1) is 17.8 Å². The number of carbonyl (C=O) groups excluding carboxylic acids is 4. The second kappa shape index (κ2) is 71.3. The molecule has 0 saturated heterocycles. The van der Waals surface area contributed by atoms with Crippen molar-refractivity contribution in [2.45, 2.75) is 439 Å². The van der Waals surface area contributed by atoms with Crippen molar-refractivity contribution in [1.29, 1.82) is 0 Å². The van der Waals surface area contributed by atoms with E-state index in [0.29, 0.717) is 25.7 Å². The van der Waals surface area contributed by atoms with E-state index in [9.17, 15) is 43.2 Å². The maximum absolute atomic E-state index is 13.1. The number of aliphatic hydroxyl groups excluding tert-OH is 1. The summed E-state index contributed by atoms with van der Waals surface area (Å²) in [5, 5.41) is 10.6. The van der Waals surface area contributed by atoms with Crippen molar-refractivity contribution in [2.24, 2.45) is 17.8 Å². The lowest BCUT2D eigenvalue weighted by molar-refractivity contribution is -0.161. The molecule has 0 aromatic carbocycles. The number of hydrogen-bond acceptors (Lipinski definition) is 15. The van der Waals surface area contributed by atoms with E-state index in [1.165, 1.54) is 225 Å². The summed E-state index contributed by atoms with van der Waals surface area (Å²) in [5.74, 6) is 0.327. The molecule has 17 nitrogen and oxygen atoms in total. The molecule has 0 aromatic heterocycles. The molecular formula is C81H158O17P2. The molecule has 594 valence electrons. The average Bonchev–Trinajstić information content (AvgIpc) is 0.926. The fraction of sp³-hybridized carbons (Fsp3) is 0.951. The van der Waals surface area contributed by atoms with Crippen LogP contribution in [0.3, 0.4) is 0 Å². The minimum absolute atomic E-state index is 0.107. The maximum Gasteiger partial charge on any atom is 0.472 e. The van der Waals surface area contributed by atoms with Crippen molar-refractivity contribution in [2.75, 3.05) is 39.6 Å². The fourth-order valence-corrected chi connectivity index (χ4v) is 14.0. The van der Waals surface area contributed by atoms with E-state index in [-0.39, 0.29) is 25.7 Å². The van der Waals surface area contributed by atoms with Crippen LogP contribution in [0.2, 0.25) is 0 Å². The highest BCUT2D eigenvalue weighted by atomic mass is 31.2. The smallest absolute Gasteiger partial charge is 0.462 e. The first-order chi connectivity index (χ1) is 48.3. The normalized spacial score (nSPS) is 14.2. The number of unbranched alkanes of at least 4 members (excludes halogenated alkanes) is 46. The van der Waals surface area contributed by atoms with Gasteiger partial charge in [-0.25, -0.2) is 9.13 Å². The van der Waals surface area contributed by atoms with Gasteiger partial charge in [0.1, 0.15) is 19.3 Å². The largest absolute Gasteiger partial charge is 0.472 e. The predicted octanol–water partition coefficient (Wildman–Crippen LogP) is 24.1. The molecule has 3 unspecified atom stereocenters. The Kier molecular flexibility index (Phi) is 69.9. The summed E-state index contributed by atoms with van der Waals surface area (Å²) in [5.41, 5.74) is 0. The third kappa shape index (κ3) is 73.0. The highest BCUT2D eigenvalue weighted by Crippen LogP contribution is 2.45. The highest BCUT2D eigenvalue weighted by molar-refractivity contribution is 7.47. The van der Waals surface area contributed by atoms with Gasteiger partial charge in [0, 0.05) is 25.7 Å². The molecule has 0 aliphatic carbocycles. The molecule has 0 spiro atoms. The zero-order valence-electron chi connectivity index (χ0n) is 65.7. The van der Waals surface area contributed by atoms with Gasteiger partial charge in [-0.15, -0.1) is 0 Å². The lowest BCUT2D eigenvalue weighted by atomic mass is 9.99. The van der Waals surface area contributed by atoms with Gasteiger partial charge < -0.3 is 33.8 Å². The number of rotatable bonds is 79. The molecule has 0 heterocycles. The third-order valence-electron chi connectivity index (χ3n) is 19.2. The van der Waals surface area contributed by atoms with Gasteiger partial charge in [-0.3, -0.25) is 37.3 Å². The number of esters is 4. The Balaban J connectivity index is 5.21. The van der Waals surface area contributed by atoms with Crippen LogP contribution >= 0.6 is 15.6 Å². The second-order valence-corrected chi connectivity index (χ2v) is 33.3. The zero-order valence-corrected chi connectivity index (χ0v) is 67.5. The molecule has 100 heavy (non-hydrogen) atoms. The summed E-state index contributed by atoms with van der Waals surface area (Å²) < 4.78 is 68.7. The molecule has 0 radical (unpaired) electrons. The molecule has 0 aliphatic rings. The molecule has 0 bridgehead atoms. The first kappa shape index (κ1) is 98.1. The van der Waals surface area contributed by atoms with E-state index in [1.54, 1.807) is 0 Å². The second-order valence-electron chi connectivity index (χ2n) is 30.4. The number of phosphoric acid groups is 2. The Morgan fingerprint density at radius 3 is 0.760 bits per heavy atom. The Morgan fingerprint density at radius 1 is 0.290 bits per heavy atom. The molecular weight excluding hydrogens is 1310 g/mol. The van der Waals surface area contributed by atoms with Crippen LogP contribution in [-0.2, 0) is 65.4 Å². The molecule has 0 amide bonds. The molecule has 0 saturated carbocycles. The quantitative estimate of drug-likeness (QED) is 0.0222. The van der Waals surface area contributed by atoms with Gasteiger partial charge in [0.25, 0.3) is 0 Å². The van der Waals surface area contributed by atoms with Crippen LogP contribution in [0.5, 0.6) is 0 Å². The van der Waals surface area contributed by atoms with Crippen LogP contribution < -0.4 is 0 Å². The molecule has 0 rings (SSSR count). The van der Waals surface area contributed by atoms with Gasteiger partial charge in [-0.1, -0.05) is 370 Å². The van der Waals surface area contributed by atoms with Crippen molar-refractivity contribution in [3.05, 3.63) is 0 Å². The summed E-state index contributed by atoms with van der Waals surface area (Å²) in [6.45, 7) is 12.0. The molecule has 0 fully saturated rings. The number of carbonyl (C=O) groups is 4. The van der Waals surface area contributed by atoms with Gasteiger partial charge >= 0.3 is 39.5 Å². The van der Waals surface area contributed by atoms with Crippen molar-refractivity contribution < 1.29 is 80.2 Å². The Bertz CT molecular complexity index is 1940. The fourth-order valence-electron chi connectivity index (χ4n) is 12.5. The van der Waals surface area contributed by atoms with E-state index < -0.39 is 97.5 Å².